The van der Waals surface area contributed by atoms with Gasteiger partial charge in [-0.3, -0.25) is 9.59 Å². The van der Waals surface area contributed by atoms with Crippen molar-refractivity contribution < 1.29 is 9.59 Å². The van der Waals surface area contributed by atoms with Crippen LogP contribution in [0.3, 0.4) is 0 Å². The molecule has 1 aliphatic carbocycles. The first-order valence-electron chi connectivity index (χ1n) is 8.80. The van der Waals surface area contributed by atoms with Crippen LogP contribution in [0, 0.1) is 17.2 Å². The van der Waals surface area contributed by atoms with Gasteiger partial charge < -0.3 is 10.6 Å². The fraction of sp³-hybridized carbons (Fsp3) is 0.286. The Morgan fingerprint density at radius 1 is 1.04 bits per heavy atom. The summed E-state index contributed by atoms with van der Waals surface area (Å²) in [6, 6.07) is 18.6. The summed E-state index contributed by atoms with van der Waals surface area (Å²) in [5.41, 5.74) is 2.43. The number of anilines is 1. The summed E-state index contributed by atoms with van der Waals surface area (Å²) in [6.45, 7) is 0. The molecule has 1 atom stereocenters. The Balaban J connectivity index is 1.63. The van der Waals surface area contributed by atoms with E-state index < -0.39 is 11.8 Å². The van der Waals surface area contributed by atoms with Crippen LogP contribution >= 0.6 is 0 Å². The number of nitrogens with zero attached hydrogens (tertiary/aromatic N) is 1. The number of carbonyl (C=O) groups excluding carboxylic acids is 2. The molecule has 0 spiro atoms. The molecule has 3 rings (SSSR count). The van der Waals surface area contributed by atoms with E-state index >= 15 is 0 Å². The van der Waals surface area contributed by atoms with Crippen LogP contribution in [0.2, 0.25) is 0 Å². The zero-order valence-electron chi connectivity index (χ0n) is 14.4. The van der Waals surface area contributed by atoms with Crippen LogP contribution in [0.15, 0.2) is 54.6 Å². The van der Waals surface area contributed by atoms with Gasteiger partial charge in [-0.15, -0.1) is 0 Å². The summed E-state index contributed by atoms with van der Waals surface area (Å²) in [5.74, 6) is -0.940. The number of nitrogens with one attached hydrogen (secondary N) is 2. The van der Waals surface area contributed by atoms with Crippen LogP contribution in [0.4, 0.5) is 5.69 Å². The minimum absolute atomic E-state index is 0.138. The molecule has 2 N–H and O–H groups in total. The molecule has 2 aromatic rings. The van der Waals surface area contributed by atoms with Crippen molar-refractivity contribution in [2.45, 2.75) is 31.7 Å². The summed E-state index contributed by atoms with van der Waals surface area (Å²) in [7, 11) is 0. The molecule has 0 saturated heterocycles. The SMILES string of the molecule is N#CCc1ccc(NC(=O)C(=O)N[C@H](c2ccccc2)C2CCC2)cc1. The summed E-state index contributed by atoms with van der Waals surface area (Å²) in [4.78, 5) is 24.6. The highest BCUT2D eigenvalue weighted by atomic mass is 16.2. The van der Waals surface area contributed by atoms with Gasteiger partial charge in [-0.05, 0) is 42.0 Å². The molecular weight excluding hydrogens is 326 g/mol. The molecule has 0 bridgehead atoms. The number of benzene rings is 2. The molecule has 0 aromatic heterocycles. The van der Waals surface area contributed by atoms with Crippen molar-refractivity contribution in [2.75, 3.05) is 5.32 Å². The Morgan fingerprint density at radius 3 is 2.31 bits per heavy atom. The predicted octanol–water partition coefficient (Wildman–Crippen LogP) is 3.35. The van der Waals surface area contributed by atoms with Gasteiger partial charge in [0.2, 0.25) is 0 Å². The fourth-order valence-electron chi connectivity index (χ4n) is 3.10. The molecule has 0 aliphatic heterocycles. The van der Waals surface area contributed by atoms with E-state index in [0.29, 0.717) is 18.0 Å². The second kappa shape index (κ2) is 8.30. The Labute approximate surface area is 153 Å². The Hall–Kier alpha value is -3.13. The number of hydrogen-bond acceptors (Lipinski definition) is 3. The van der Waals surface area contributed by atoms with Crippen LogP contribution in [0.25, 0.3) is 0 Å². The first kappa shape index (κ1) is 17.7. The summed E-state index contributed by atoms with van der Waals surface area (Å²) in [5, 5.41) is 14.2. The number of amides is 2. The smallest absolute Gasteiger partial charge is 0.313 e. The van der Waals surface area contributed by atoms with E-state index in [9.17, 15) is 9.59 Å². The maximum absolute atomic E-state index is 12.4. The Bertz CT molecular complexity index is 805. The highest BCUT2D eigenvalue weighted by Gasteiger charge is 2.31. The van der Waals surface area contributed by atoms with E-state index in [2.05, 4.69) is 16.7 Å². The number of hydrogen-bond donors (Lipinski definition) is 2. The first-order valence-corrected chi connectivity index (χ1v) is 8.80. The average Bonchev–Trinajstić information content (AvgIpc) is 2.62. The first-order chi connectivity index (χ1) is 12.7. The molecule has 0 radical (unpaired) electrons. The van der Waals surface area contributed by atoms with Gasteiger partial charge in [0, 0.05) is 5.69 Å². The van der Waals surface area contributed by atoms with Crippen molar-refractivity contribution in [3.05, 3.63) is 65.7 Å². The number of carbonyl (C=O) groups is 2. The van der Waals surface area contributed by atoms with Gasteiger partial charge in [-0.25, -0.2) is 0 Å². The van der Waals surface area contributed by atoms with Gasteiger partial charge in [-0.1, -0.05) is 48.9 Å². The average molecular weight is 347 g/mol. The lowest BCUT2D eigenvalue weighted by Crippen LogP contribution is -2.41. The second-order valence-electron chi connectivity index (χ2n) is 6.54. The van der Waals surface area contributed by atoms with Crippen molar-refractivity contribution >= 4 is 17.5 Å². The quantitative estimate of drug-likeness (QED) is 0.814. The molecular formula is C21H21N3O2. The number of rotatable bonds is 5. The van der Waals surface area contributed by atoms with Crippen molar-refractivity contribution in [1.29, 1.82) is 5.26 Å². The molecule has 0 heterocycles. The fourth-order valence-corrected chi connectivity index (χ4v) is 3.10. The predicted molar refractivity (Wildman–Crippen MR) is 99.1 cm³/mol. The van der Waals surface area contributed by atoms with Crippen molar-refractivity contribution in [2.24, 2.45) is 5.92 Å². The van der Waals surface area contributed by atoms with E-state index in [4.69, 9.17) is 5.26 Å². The summed E-state index contributed by atoms with van der Waals surface area (Å²) >= 11 is 0. The van der Waals surface area contributed by atoms with Crippen molar-refractivity contribution in [3.63, 3.8) is 0 Å². The minimum Gasteiger partial charge on any atom is -0.341 e. The topological polar surface area (TPSA) is 82.0 Å². The van der Waals surface area contributed by atoms with Crippen molar-refractivity contribution in [3.8, 4) is 6.07 Å². The maximum atomic E-state index is 12.4. The normalized spacial score (nSPS) is 14.6. The third kappa shape index (κ3) is 4.28. The molecule has 132 valence electrons. The molecule has 26 heavy (non-hydrogen) atoms. The second-order valence-corrected chi connectivity index (χ2v) is 6.54. The van der Waals surface area contributed by atoms with Crippen LogP contribution in [-0.2, 0) is 16.0 Å². The lowest BCUT2D eigenvalue weighted by Gasteiger charge is -2.34. The molecule has 1 saturated carbocycles. The molecule has 5 heteroatoms. The summed E-state index contributed by atoms with van der Waals surface area (Å²) in [6.07, 6.45) is 3.59. The van der Waals surface area contributed by atoms with Crippen LogP contribution in [-0.4, -0.2) is 11.8 Å². The van der Waals surface area contributed by atoms with Crippen LogP contribution < -0.4 is 10.6 Å². The van der Waals surface area contributed by atoms with E-state index in [-0.39, 0.29) is 6.04 Å². The van der Waals surface area contributed by atoms with Crippen LogP contribution in [0.5, 0.6) is 0 Å². The van der Waals surface area contributed by atoms with E-state index in [1.807, 2.05) is 30.3 Å². The molecule has 5 nitrogen and oxygen atoms in total. The lowest BCUT2D eigenvalue weighted by molar-refractivity contribution is -0.137. The largest absolute Gasteiger partial charge is 0.341 e. The Morgan fingerprint density at radius 2 is 1.73 bits per heavy atom. The molecule has 1 aliphatic rings. The van der Waals surface area contributed by atoms with Gasteiger partial charge in [0.05, 0.1) is 18.5 Å². The van der Waals surface area contributed by atoms with E-state index in [0.717, 1.165) is 30.4 Å². The molecule has 2 aromatic carbocycles. The monoisotopic (exact) mass is 347 g/mol. The highest BCUT2D eigenvalue weighted by Crippen LogP contribution is 2.37. The van der Waals surface area contributed by atoms with E-state index in [1.54, 1.807) is 24.3 Å². The van der Waals surface area contributed by atoms with E-state index in [1.165, 1.54) is 0 Å². The molecule has 1 fully saturated rings. The standard InChI is InChI=1S/C21H21N3O2/c22-14-13-15-9-11-18(12-10-15)23-20(25)21(26)24-19(17-7-4-8-17)16-5-2-1-3-6-16/h1-3,5-6,9-12,17,19H,4,7-8,13H2,(H,23,25)(H,24,26)/t19-/m1/s1. The van der Waals surface area contributed by atoms with Gasteiger partial charge in [0.25, 0.3) is 0 Å². The third-order valence-electron chi connectivity index (χ3n) is 4.77. The third-order valence-corrected chi connectivity index (χ3v) is 4.77. The van der Waals surface area contributed by atoms with Gasteiger partial charge in [0.15, 0.2) is 0 Å². The minimum atomic E-state index is -0.682. The van der Waals surface area contributed by atoms with Gasteiger partial charge >= 0.3 is 11.8 Å². The number of nitriles is 1. The molecule has 0 unspecified atom stereocenters. The molecule has 2 amide bonds. The van der Waals surface area contributed by atoms with Crippen LogP contribution in [0.1, 0.15) is 36.4 Å². The zero-order chi connectivity index (χ0) is 18.4. The van der Waals surface area contributed by atoms with Gasteiger partial charge in [-0.2, -0.15) is 5.26 Å². The zero-order valence-corrected chi connectivity index (χ0v) is 14.4. The van der Waals surface area contributed by atoms with Crippen molar-refractivity contribution in [1.82, 2.24) is 5.32 Å². The Kier molecular flexibility index (Phi) is 5.65. The lowest BCUT2D eigenvalue weighted by atomic mass is 9.77. The maximum Gasteiger partial charge on any atom is 0.313 e. The highest BCUT2D eigenvalue weighted by molar-refractivity contribution is 6.39. The summed E-state index contributed by atoms with van der Waals surface area (Å²) < 4.78 is 0. The van der Waals surface area contributed by atoms with Gasteiger partial charge in [0.1, 0.15) is 0 Å².